The molecule has 9 heteroatoms. The van der Waals surface area contributed by atoms with Crippen molar-refractivity contribution < 1.29 is 31.1 Å². The highest BCUT2D eigenvalue weighted by Crippen LogP contribution is 2.35. The summed E-state index contributed by atoms with van der Waals surface area (Å²) in [4.78, 5) is 2.95. The third-order valence-corrected chi connectivity index (χ3v) is 1.56. The van der Waals surface area contributed by atoms with Gasteiger partial charge in [-0.1, -0.05) is 0 Å². The first kappa shape index (κ1) is 13.1. The summed E-state index contributed by atoms with van der Waals surface area (Å²) in [5.41, 5.74) is -2.44. The third kappa shape index (κ3) is 2.99. The molecule has 0 radical (unpaired) electrons. The lowest BCUT2D eigenvalue weighted by molar-refractivity contribution is -0.276. The smallest absolute Gasteiger partial charge is 0.402 e. The minimum atomic E-state index is -5.35. The van der Waals surface area contributed by atoms with E-state index in [1.54, 1.807) is 0 Å². The molecule has 1 aromatic rings. The van der Waals surface area contributed by atoms with E-state index in [1.165, 1.54) is 0 Å². The van der Waals surface area contributed by atoms with Gasteiger partial charge >= 0.3 is 6.36 Å². The van der Waals surface area contributed by atoms with Gasteiger partial charge in [-0.25, -0.2) is 13.8 Å². The first-order chi connectivity index (χ1) is 7.76. The van der Waals surface area contributed by atoms with E-state index < -0.39 is 35.6 Å². The summed E-state index contributed by atoms with van der Waals surface area (Å²) in [6.07, 6.45) is -8.51. The van der Waals surface area contributed by atoms with Gasteiger partial charge in [0.05, 0.1) is 5.56 Å². The fraction of sp³-hybridized carbons (Fsp3) is 0.250. The van der Waals surface area contributed by atoms with Crippen molar-refractivity contribution in [2.24, 2.45) is 0 Å². The zero-order chi connectivity index (χ0) is 13.2. The molecule has 0 spiro atoms. The van der Waals surface area contributed by atoms with Gasteiger partial charge in [0, 0.05) is 6.20 Å². The Morgan fingerprint density at radius 3 is 2.35 bits per heavy atom. The van der Waals surface area contributed by atoms with Gasteiger partial charge in [0.2, 0.25) is 5.82 Å². The SMILES string of the molecule is N#Cc1ncc(C(F)F)c(OC(F)(F)F)c1F. The lowest BCUT2D eigenvalue weighted by Gasteiger charge is -2.13. The van der Waals surface area contributed by atoms with Crippen molar-refractivity contribution in [2.45, 2.75) is 12.8 Å². The number of nitriles is 1. The number of ether oxygens (including phenoxy) is 1. The van der Waals surface area contributed by atoms with E-state index in [9.17, 15) is 26.3 Å². The van der Waals surface area contributed by atoms with Gasteiger partial charge in [0.15, 0.2) is 11.4 Å². The molecular weight excluding hydrogens is 254 g/mol. The van der Waals surface area contributed by atoms with Crippen molar-refractivity contribution in [2.75, 3.05) is 0 Å². The highest BCUT2D eigenvalue weighted by atomic mass is 19.4. The molecule has 1 aromatic heterocycles. The molecule has 17 heavy (non-hydrogen) atoms. The van der Waals surface area contributed by atoms with E-state index >= 15 is 0 Å². The summed E-state index contributed by atoms with van der Waals surface area (Å²) in [6.45, 7) is 0. The Balaban J connectivity index is 3.36. The number of hydrogen-bond donors (Lipinski definition) is 0. The van der Waals surface area contributed by atoms with Crippen molar-refractivity contribution in [1.82, 2.24) is 4.98 Å². The fourth-order valence-corrected chi connectivity index (χ4v) is 0.936. The van der Waals surface area contributed by atoms with E-state index in [-0.39, 0.29) is 6.20 Å². The van der Waals surface area contributed by atoms with Gasteiger partial charge in [0.1, 0.15) is 6.07 Å². The van der Waals surface area contributed by atoms with Gasteiger partial charge in [-0.15, -0.1) is 13.2 Å². The highest BCUT2D eigenvalue weighted by molar-refractivity contribution is 5.40. The largest absolute Gasteiger partial charge is 0.573 e. The highest BCUT2D eigenvalue weighted by Gasteiger charge is 2.36. The molecule has 0 amide bonds. The van der Waals surface area contributed by atoms with Crippen LogP contribution in [0.4, 0.5) is 26.3 Å². The second-order valence-electron chi connectivity index (χ2n) is 2.67. The van der Waals surface area contributed by atoms with Crippen LogP contribution in [0.5, 0.6) is 5.75 Å². The van der Waals surface area contributed by atoms with Crippen LogP contribution in [-0.2, 0) is 0 Å². The topological polar surface area (TPSA) is 45.9 Å². The molecule has 0 aromatic carbocycles. The lowest BCUT2D eigenvalue weighted by atomic mass is 10.2. The van der Waals surface area contributed by atoms with Gasteiger partial charge in [-0.3, -0.25) is 0 Å². The van der Waals surface area contributed by atoms with E-state index in [0.29, 0.717) is 0 Å². The number of aromatic nitrogens is 1. The summed E-state index contributed by atoms with van der Waals surface area (Å²) in [5, 5.41) is 8.29. The van der Waals surface area contributed by atoms with Gasteiger partial charge in [0.25, 0.3) is 6.43 Å². The molecule has 0 atom stereocenters. The van der Waals surface area contributed by atoms with Crippen LogP contribution >= 0.6 is 0 Å². The van der Waals surface area contributed by atoms with E-state index in [4.69, 9.17) is 5.26 Å². The van der Waals surface area contributed by atoms with Crippen LogP contribution in [0.2, 0.25) is 0 Å². The molecule has 3 nitrogen and oxygen atoms in total. The molecule has 1 heterocycles. The maximum Gasteiger partial charge on any atom is 0.573 e. The monoisotopic (exact) mass is 256 g/mol. The summed E-state index contributed by atoms with van der Waals surface area (Å²) in [6, 6.07) is 1.11. The molecule has 1 rings (SSSR count). The molecule has 92 valence electrons. The zero-order valence-corrected chi connectivity index (χ0v) is 7.73. The molecule has 0 aliphatic carbocycles. The van der Waals surface area contributed by atoms with E-state index in [1.807, 2.05) is 0 Å². The minimum absolute atomic E-state index is 0.257. The Kier molecular flexibility index (Phi) is 3.45. The lowest BCUT2D eigenvalue weighted by Crippen LogP contribution is -2.20. The molecule has 0 saturated carbocycles. The normalized spacial score (nSPS) is 11.4. The van der Waals surface area contributed by atoms with Gasteiger partial charge < -0.3 is 4.74 Å². The van der Waals surface area contributed by atoms with Crippen molar-refractivity contribution in [3.05, 3.63) is 23.3 Å². The predicted molar refractivity (Wildman–Crippen MR) is 40.5 cm³/mol. The second kappa shape index (κ2) is 4.48. The number of hydrogen-bond acceptors (Lipinski definition) is 3. The number of pyridine rings is 1. The Morgan fingerprint density at radius 2 is 1.94 bits per heavy atom. The van der Waals surface area contributed by atoms with E-state index in [0.717, 1.165) is 6.07 Å². The second-order valence-corrected chi connectivity index (χ2v) is 2.67. The third-order valence-electron chi connectivity index (χ3n) is 1.56. The summed E-state index contributed by atoms with van der Waals surface area (Å²) >= 11 is 0. The standard InChI is InChI=1S/C8H2F6N2O/c9-5-4(1-15)16-2-3(7(10)11)6(5)17-8(12,13)14/h2,7H. The van der Waals surface area contributed by atoms with Crippen LogP contribution in [0.25, 0.3) is 0 Å². The quantitative estimate of drug-likeness (QED) is 0.764. The fourth-order valence-electron chi connectivity index (χ4n) is 0.936. The number of nitrogens with zero attached hydrogens (tertiary/aromatic N) is 2. The van der Waals surface area contributed by atoms with Crippen LogP contribution in [0.3, 0.4) is 0 Å². The Labute approximate surface area is 90.2 Å². The molecule has 0 aliphatic rings. The van der Waals surface area contributed by atoms with Crippen molar-refractivity contribution in [3.63, 3.8) is 0 Å². The maximum atomic E-state index is 13.2. The Morgan fingerprint density at radius 1 is 1.35 bits per heavy atom. The molecular formula is C8H2F6N2O. The Bertz CT molecular complexity index is 464. The van der Waals surface area contributed by atoms with Crippen LogP contribution in [0.1, 0.15) is 17.7 Å². The zero-order valence-electron chi connectivity index (χ0n) is 7.73. The average Bonchev–Trinajstić information content (AvgIpc) is 2.18. The molecule has 0 fully saturated rings. The first-order valence-electron chi connectivity index (χ1n) is 3.88. The van der Waals surface area contributed by atoms with Crippen LogP contribution in [-0.4, -0.2) is 11.3 Å². The number of alkyl halides is 5. The average molecular weight is 256 g/mol. The number of rotatable bonds is 2. The predicted octanol–water partition coefficient (Wildman–Crippen LogP) is 2.93. The van der Waals surface area contributed by atoms with Crippen molar-refractivity contribution in [1.29, 1.82) is 5.26 Å². The summed E-state index contributed by atoms with van der Waals surface area (Å²) in [7, 11) is 0. The van der Waals surface area contributed by atoms with E-state index in [2.05, 4.69) is 9.72 Å². The first-order valence-corrected chi connectivity index (χ1v) is 3.88. The maximum absolute atomic E-state index is 13.2. The van der Waals surface area contributed by atoms with Gasteiger partial charge in [-0.05, 0) is 0 Å². The van der Waals surface area contributed by atoms with Crippen molar-refractivity contribution in [3.8, 4) is 11.8 Å². The van der Waals surface area contributed by atoms with Crippen molar-refractivity contribution >= 4 is 0 Å². The molecule has 0 unspecified atom stereocenters. The molecule has 0 aliphatic heterocycles. The Hall–Kier alpha value is -1.98. The minimum Gasteiger partial charge on any atom is -0.402 e. The van der Waals surface area contributed by atoms with Crippen LogP contribution < -0.4 is 4.74 Å². The van der Waals surface area contributed by atoms with Crippen LogP contribution in [0.15, 0.2) is 6.20 Å². The van der Waals surface area contributed by atoms with Crippen LogP contribution in [0, 0.1) is 17.1 Å². The summed E-state index contributed by atoms with van der Waals surface area (Å²) in [5.74, 6) is -3.61. The molecule has 0 saturated heterocycles. The number of halogens is 6. The van der Waals surface area contributed by atoms with Gasteiger partial charge in [-0.2, -0.15) is 9.65 Å². The summed E-state index contributed by atoms with van der Waals surface area (Å²) < 4.78 is 76.5. The molecule has 0 N–H and O–H groups in total. The molecule has 0 bridgehead atoms.